The molecule has 0 spiro atoms. The standard InChI is InChI=1S/C31H52O5Si2/c1-16-17-18-24(32-10)34-23-20-19-21(2)25-26(23)27(35-37(12,13)30(4,5)6)22(3)28(33-11)29(25)36-38(14,15)31(7,8)9/h16-21,23H,1-15H3/b17-16+,24-18-/t21-,23-/m0/s1. The number of fused-ring (bicyclic) bond motifs is 1. The quantitative estimate of drug-likeness (QED) is 0.130. The van der Waals surface area contributed by atoms with Gasteiger partial charge >= 0.3 is 0 Å². The Bertz CT molecular complexity index is 1090. The lowest BCUT2D eigenvalue weighted by molar-refractivity contribution is 0.0292. The minimum absolute atomic E-state index is 0.0197. The molecule has 0 aliphatic heterocycles. The molecule has 1 aliphatic rings. The number of hydrogen-bond acceptors (Lipinski definition) is 5. The van der Waals surface area contributed by atoms with E-state index in [2.05, 4.69) is 93.7 Å². The Labute approximate surface area is 234 Å². The fourth-order valence-electron chi connectivity index (χ4n) is 3.89. The lowest BCUT2D eigenvalue weighted by atomic mass is 9.84. The minimum atomic E-state index is -2.21. The highest BCUT2D eigenvalue weighted by Crippen LogP contribution is 2.55. The molecule has 0 aromatic heterocycles. The second-order valence-corrected chi connectivity index (χ2v) is 22.7. The zero-order valence-corrected chi connectivity index (χ0v) is 28.6. The van der Waals surface area contributed by atoms with Crippen LogP contribution in [0.2, 0.25) is 36.3 Å². The third kappa shape index (κ3) is 6.53. The summed E-state index contributed by atoms with van der Waals surface area (Å²) in [7, 11) is -1.06. The first-order valence-corrected chi connectivity index (χ1v) is 19.5. The highest BCUT2D eigenvalue weighted by Gasteiger charge is 2.45. The molecule has 0 saturated carbocycles. The van der Waals surface area contributed by atoms with E-state index in [1.807, 2.05) is 25.2 Å². The molecule has 0 radical (unpaired) electrons. The molecular formula is C31H52O5Si2. The van der Waals surface area contributed by atoms with Crippen LogP contribution in [0.25, 0.3) is 0 Å². The summed E-state index contributed by atoms with van der Waals surface area (Å²) in [6, 6.07) is 0. The van der Waals surface area contributed by atoms with E-state index in [1.54, 1.807) is 14.2 Å². The summed E-state index contributed by atoms with van der Waals surface area (Å²) in [6.07, 6.45) is 9.58. The Morgan fingerprint density at radius 3 is 1.79 bits per heavy atom. The van der Waals surface area contributed by atoms with E-state index in [0.29, 0.717) is 5.95 Å². The van der Waals surface area contributed by atoms with Crippen molar-refractivity contribution in [1.29, 1.82) is 0 Å². The van der Waals surface area contributed by atoms with Gasteiger partial charge in [-0.3, -0.25) is 0 Å². The molecule has 0 unspecified atom stereocenters. The monoisotopic (exact) mass is 560 g/mol. The van der Waals surface area contributed by atoms with Crippen LogP contribution < -0.4 is 13.6 Å². The van der Waals surface area contributed by atoms with Crippen molar-refractivity contribution in [2.75, 3.05) is 14.2 Å². The Morgan fingerprint density at radius 2 is 1.34 bits per heavy atom. The fraction of sp³-hybridized carbons (Fsp3) is 0.613. The molecule has 0 bridgehead atoms. The van der Waals surface area contributed by atoms with E-state index in [-0.39, 0.29) is 16.0 Å². The van der Waals surface area contributed by atoms with Gasteiger partial charge in [0.2, 0.25) is 0 Å². The molecule has 5 nitrogen and oxygen atoms in total. The topological polar surface area (TPSA) is 46.2 Å². The van der Waals surface area contributed by atoms with Crippen LogP contribution in [-0.2, 0) is 9.47 Å². The molecule has 0 saturated heterocycles. The maximum atomic E-state index is 7.09. The van der Waals surface area contributed by atoms with Gasteiger partial charge in [-0.25, -0.2) is 0 Å². The lowest BCUT2D eigenvalue weighted by Gasteiger charge is -2.42. The Morgan fingerprint density at radius 1 is 0.816 bits per heavy atom. The number of allylic oxidation sites excluding steroid dienone is 4. The van der Waals surface area contributed by atoms with Crippen LogP contribution in [0.4, 0.5) is 0 Å². The van der Waals surface area contributed by atoms with E-state index >= 15 is 0 Å². The van der Waals surface area contributed by atoms with Crippen molar-refractivity contribution in [1.82, 2.24) is 0 Å². The first-order chi connectivity index (χ1) is 17.3. The number of ether oxygens (including phenoxy) is 3. The molecule has 2 atom stereocenters. The Hall–Kier alpha value is -2.13. The largest absolute Gasteiger partial charge is 0.543 e. The van der Waals surface area contributed by atoms with Gasteiger partial charge in [0.05, 0.1) is 14.2 Å². The van der Waals surface area contributed by atoms with Crippen molar-refractivity contribution in [3.63, 3.8) is 0 Å². The molecular weight excluding hydrogens is 509 g/mol. The molecule has 1 aromatic carbocycles. The van der Waals surface area contributed by atoms with Crippen LogP contribution in [0.5, 0.6) is 17.2 Å². The average molecular weight is 561 g/mol. The molecule has 214 valence electrons. The summed E-state index contributed by atoms with van der Waals surface area (Å²) in [5, 5.41) is 0.0447. The molecule has 1 aliphatic carbocycles. The van der Waals surface area contributed by atoms with Crippen LogP contribution in [0.3, 0.4) is 0 Å². The zero-order valence-electron chi connectivity index (χ0n) is 26.6. The molecule has 2 rings (SSSR count). The number of hydrogen-bond donors (Lipinski definition) is 0. The van der Waals surface area contributed by atoms with Crippen molar-refractivity contribution < 1.29 is 23.1 Å². The summed E-state index contributed by atoms with van der Waals surface area (Å²) < 4.78 is 32.3. The predicted octanol–water partition coefficient (Wildman–Crippen LogP) is 9.57. The maximum absolute atomic E-state index is 7.09. The van der Waals surface area contributed by atoms with E-state index in [9.17, 15) is 0 Å². The molecule has 0 fully saturated rings. The minimum Gasteiger partial charge on any atom is -0.543 e. The van der Waals surface area contributed by atoms with Crippen molar-refractivity contribution in [2.45, 2.75) is 111 Å². The van der Waals surface area contributed by atoms with Gasteiger partial charge in [-0.15, -0.1) is 0 Å². The summed E-state index contributed by atoms with van der Waals surface area (Å²) >= 11 is 0. The van der Waals surface area contributed by atoms with Crippen LogP contribution in [0.15, 0.2) is 36.3 Å². The predicted molar refractivity (Wildman–Crippen MR) is 165 cm³/mol. The smallest absolute Gasteiger partial charge is 0.279 e. The molecule has 1 aromatic rings. The normalized spacial score (nSPS) is 18.9. The van der Waals surface area contributed by atoms with Crippen LogP contribution in [-0.4, -0.2) is 30.9 Å². The third-order valence-corrected chi connectivity index (χ3v) is 17.0. The van der Waals surface area contributed by atoms with E-state index in [1.165, 1.54) is 0 Å². The summed E-state index contributed by atoms with van der Waals surface area (Å²) in [5.41, 5.74) is 3.01. The Kier molecular flexibility index (Phi) is 9.75. The van der Waals surface area contributed by atoms with Crippen molar-refractivity contribution in [3.05, 3.63) is 53.0 Å². The molecule has 7 heteroatoms. The fourth-order valence-corrected chi connectivity index (χ4v) is 5.98. The summed E-state index contributed by atoms with van der Waals surface area (Å²) in [5.74, 6) is 2.94. The highest BCUT2D eigenvalue weighted by atomic mass is 28.4. The third-order valence-electron chi connectivity index (χ3n) is 8.38. The van der Waals surface area contributed by atoms with E-state index < -0.39 is 22.7 Å². The van der Waals surface area contributed by atoms with E-state index in [4.69, 9.17) is 23.1 Å². The lowest BCUT2D eigenvalue weighted by Crippen LogP contribution is -2.45. The number of benzene rings is 1. The SMILES string of the molecule is C/C=C/C=C(/OC)O[C@H]1C=C[C@H](C)c2c(O[Si](C)(C)C(C)(C)C)c(OC)c(C)c(O[Si](C)(C)C(C)(C)C)c21. The zero-order chi connectivity index (χ0) is 29.3. The summed E-state index contributed by atoms with van der Waals surface area (Å²) in [6.45, 7) is 28.9. The average Bonchev–Trinajstić information content (AvgIpc) is 2.78. The van der Waals surface area contributed by atoms with Gasteiger partial charge in [-0.2, -0.15) is 0 Å². The second kappa shape index (κ2) is 11.5. The van der Waals surface area contributed by atoms with Gasteiger partial charge in [0.1, 0.15) is 11.9 Å². The Balaban J connectivity index is 2.96. The van der Waals surface area contributed by atoms with Gasteiger partial charge < -0.3 is 23.1 Å². The van der Waals surface area contributed by atoms with Crippen molar-refractivity contribution >= 4 is 16.6 Å². The van der Waals surface area contributed by atoms with Gasteiger partial charge in [-0.1, -0.05) is 66.7 Å². The number of methoxy groups -OCH3 is 2. The maximum Gasteiger partial charge on any atom is 0.279 e. The van der Waals surface area contributed by atoms with Crippen LogP contribution in [0, 0.1) is 6.92 Å². The van der Waals surface area contributed by atoms with Crippen molar-refractivity contribution in [3.8, 4) is 17.2 Å². The second-order valence-electron chi connectivity index (χ2n) is 13.3. The first kappa shape index (κ1) is 32.1. The van der Waals surface area contributed by atoms with Gasteiger partial charge in [0, 0.05) is 28.7 Å². The van der Waals surface area contributed by atoms with Gasteiger partial charge in [0.15, 0.2) is 11.5 Å². The molecule has 0 amide bonds. The molecule has 0 N–H and O–H groups in total. The first-order valence-electron chi connectivity index (χ1n) is 13.7. The van der Waals surface area contributed by atoms with Gasteiger partial charge in [-0.05, 0) is 56.2 Å². The highest BCUT2D eigenvalue weighted by molar-refractivity contribution is 6.75. The van der Waals surface area contributed by atoms with E-state index in [0.717, 1.165) is 33.9 Å². The van der Waals surface area contributed by atoms with Crippen molar-refractivity contribution in [2.24, 2.45) is 0 Å². The molecule has 0 heterocycles. The van der Waals surface area contributed by atoms with Crippen LogP contribution in [0.1, 0.15) is 84.1 Å². The van der Waals surface area contributed by atoms with Crippen LogP contribution >= 0.6 is 0 Å². The molecule has 38 heavy (non-hydrogen) atoms. The van der Waals surface area contributed by atoms with Gasteiger partial charge in [0.25, 0.3) is 22.6 Å². The number of rotatable bonds is 9. The summed E-state index contributed by atoms with van der Waals surface area (Å²) in [4.78, 5) is 0.